The smallest absolute Gasteiger partial charge is 0.270 e. The first kappa shape index (κ1) is 38.8. The second-order valence-corrected chi connectivity index (χ2v) is 9.10. The lowest BCUT2D eigenvalue weighted by molar-refractivity contribution is 0.0927. The van der Waals surface area contributed by atoms with Gasteiger partial charge in [-0.05, 0) is 41.0 Å². The normalized spacial score (nSPS) is 10.9. The van der Waals surface area contributed by atoms with Crippen molar-refractivity contribution in [3.8, 4) is 17.2 Å². The molecule has 0 fully saturated rings. The lowest BCUT2D eigenvalue weighted by Crippen LogP contribution is -2.45. The number of thiazole rings is 1. The molecule has 0 spiro atoms. The molecule has 0 saturated heterocycles. The van der Waals surface area contributed by atoms with Gasteiger partial charge in [-0.2, -0.15) is 0 Å². The van der Waals surface area contributed by atoms with Gasteiger partial charge < -0.3 is 36.3 Å². The fraction of sp³-hybridized carbons (Fsp3) is 0.522. The minimum absolute atomic E-state index is 0. The molecular weight excluding hydrogens is 528 g/mol. The van der Waals surface area contributed by atoms with E-state index in [-0.39, 0.29) is 56.9 Å². The molecule has 0 saturated carbocycles. The Bertz CT molecular complexity index is 966. The molecule has 9 N–H and O–H groups in total. The number of phenolic OH excluding ortho intramolecular Hbond substituents is 1. The van der Waals surface area contributed by atoms with Crippen LogP contribution in [0.4, 0.5) is 5.13 Å². The number of rotatable bonds is 11. The van der Waals surface area contributed by atoms with E-state index >= 15 is 0 Å². The van der Waals surface area contributed by atoms with Crippen LogP contribution in [0.1, 0.15) is 61.9 Å². The maximum Gasteiger partial charge on any atom is 0.270 e. The van der Waals surface area contributed by atoms with E-state index in [1.807, 2.05) is 0 Å². The summed E-state index contributed by atoms with van der Waals surface area (Å²) in [6.07, 6.45) is 0.814. The topological polar surface area (TPSA) is 208 Å². The lowest BCUT2D eigenvalue weighted by Gasteiger charge is -2.36. The third-order valence-corrected chi connectivity index (χ3v) is 6.01. The number of aromatic hydroxyl groups is 1. The minimum Gasteiger partial charge on any atom is -0.507 e. The summed E-state index contributed by atoms with van der Waals surface area (Å²) in [7, 11) is 2.87. The van der Waals surface area contributed by atoms with Crippen molar-refractivity contribution in [1.29, 1.82) is 0 Å². The second-order valence-electron chi connectivity index (χ2n) is 8.24. The summed E-state index contributed by atoms with van der Waals surface area (Å²) < 4.78 is 10.3. The SMILES string of the molecule is COc1cc(O)c(C(=O)Nc2nc(C(=O)NCCC(C)N(C(C)C)C(C)C)cs2)cc1OC.Cl.O.O.O. The number of amides is 2. The van der Waals surface area contributed by atoms with Crippen molar-refractivity contribution in [2.24, 2.45) is 0 Å². The molecule has 12 nitrogen and oxygen atoms in total. The van der Waals surface area contributed by atoms with E-state index in [4.69, 9.17) is 9.47 Å². The number of hydrogen-bond acceptors (Lipinski definition) is 8. The van der Waals surface area contributed by atoms with Crippen LogP contribution in [0.3, 0.4) is 0 Å². The van der Waals surface area contributed by atoms with Gasteiger partial charge in [-0.1, -0.05) is 0 Å². The highest BCUT2D eigenvalue weighted by Crippen LogP contribution is 2.34. The highest BCUT2D eigenvalue weighted by Gasteiger charge is 2.21. The molecule has 2 amide bonds. The molecule has 0 radical (unpaired) electrons. The van der Waals surface area contributed by atoms with Gasteiger partial charge in [-0.25, -0.2) is 4.98 Å². The van der Waals surface area contributed by atoms with E-state index < -0.39 is 5.91 Å². The maximum absolute atomic E-state index is 12.6. The van der Waals surface area contributed by atoms with Crippen LogP contribution in [0.25, 0.3) is 0 Å². The Hall–Kier alpha value is -2.68. The Balaban J connectivity index is -0.00000289. The van der Waals surface area contributed by atoms with Crippen molar-refractivity contribution in [3.05, 3.63) is 28.8 Å². The average Bonchev–Trinajstić information content (AvgIpc) is 3.21. The number of aromatic nitrogens is 1. The van der Waals surface area contributed by atoms with Gasteiger partial charge in [0.1, 0.15) is 11.4 Å². The number of anilines is 1. The zero-order valence-electron chi connectivity index (χ0n) is 22.2. The van der Waals surface area contributed by atoms with Crippen molar-refractivity contribution < 1.29 is 40.6 Å². The zero-order valence-corrected chi connectivity index (χ0v) is 23.8. The summed E-state index contributed by atoms with van der Waals surface area (Å²) in [5, 5.41) is 17.5. The Morgan fingerprint density at radius 3 is 2.05 bits per heavy atom. The maximum atomic E-state index is 12.6. The van der Waals surface area contributed by atoms with Gasteiger partial charge in [0.15, 0.2) is 16.6 Å². The molecule has 2 rings (SSSR count). The van der Waals surface area contributed by atoms with E-state index in [1.54, 1.807) is 5.38 Å². The largest absolute Gasteiger partial charge is 0.507 e. The highest BCUT2D eigenvalue weighted by molar-refractivity contribution is 7.14. The van der Waals surface area contributed by atoms with Crippen LogP contribution in [-0.2, 0) is 0 Å². The Morgan fingerprint density at radius 1 is 1.00 bits per heavy atom. The molecule has 1 atom stereocenters. The van der Waals surface area contributed by atoms with Crippen LogP contribution in [0.15, 0.2) is 17.5 Å². The first-order valence-electron chi connectivity index (χ1n) is 10.9. The lowest BCUT2D eigenvalue weighted by atomic mass is 10.1. The summed E-state index contributed by atoms with van der Waals surface area (Å²) in [6, 6.07) is 3.85. The van der Waals surface area contributed by atoms with E-state index in [0.717, 1.165) is 17.8 Å². The number of halogens is 1. The van der Waals surface area contributed by atoms with Gasteiger partial charge in [-0.15, -0.1) is 23.7 Å². The Kier molecular flexibility index (Phi) is 18.6. The van der Waals surface area contributed by atoms with Gasteiger partial charge in [0.05, 0.1) is 19.8 Å². The number of carbonyl (C=O) groups excluding carboxylic acids is 2. The predicted octanol–water partition coefficient (Wildman–Crippen LogP) is 1.69. The van der Waals surface area contributed by atoms with E-state index in [9.17, 15) is 14.7 Å². The van der Waals surface area contributed by atoms with Crippen LogP contribution < -0.4 is 20.1 Å². The van der Waals surface area contributed by atoms with Gasteiger partial charge in [0, 0.05) is 42.2 Å². The van der Waals surface area contributed by atoms with E-state index in [2.05, 4.69) is 55.1 Å². The number of phenols is 1. The molecule has 0 bridgehead atoms. The number of ether oxygens (including phenoxy) is 2. The molecule has 1 unspecified atom stereocenters. The van der Waals surface area contributed by atoms with Crippen LogP contribution in [0, 0.1) is 0 Å². The highest BCUT2D eigenvalue weighted by atomic mass is 35.5. The molecular formula is C23H41ClN4O8S. The van der Waals surface area contributed by atoms with Crippen molar-refractivity contribution in [1.82, 2.24) is 15.2 Å². The van der Waals surface area contributed by atoms with Crippen molar-refractivity contribution in [3.63, 3.8) is 0 Å². The molecule has 2 aromatic rings. The number of carbonyl (C=O) groups is 2. The van der Waals surface area contributed by atoms with Crippen molar-refractivity contribution in [2.75, 3.05) is 26.1 Å². The summed E-state index contributed by atoms with van der Waals surface area (Å²) in [5.74, 6) is -0.522. The Morgan fingerprint density at radius 2 is 1.54 bits per heavy atom. The zero-order chi connectivity index (χ0) is 24.7. The first-order valence-corrected chi connectivity index (χ1v) is 11.7. The number of hydrogen-bond donors (Lipinski definition) is 3. The predicted molar refractivity (Wildman–Crippen MR) is 148 cm³/mol. The van der Waals surface area contributed by atoms with Crippen molar-refractivity contribution >= 4 is 40.7 Å². The number of nitrogens with one attached hydrogen (secondary N) is 2. The number of benzene rings is 1. The molecule has 0 aliphatic rings. The van der Waals surface area contributed by atoms with Gasteiger partial charge in [0.25, 0.3) is 11.8 Å². The average molecular weight is 569 g/mol. The standard InChI is InChI=1S/C23H34N4O5S.ClH.3H2O/c1-13(2)27(14(3)4)15(5)8-9-24-22(30)17-12-33-23(25-17)26-21(29)16-10-19(31-6)20(32-7)11-18(16)28;;;;/h10-15,28H,8-9H2,1-7H3,(H,24,30)(H,25,26,29);1H;3*1H2. The van der Waals surface area contributed by atoms with Crippen molar-refractivity contribution in [2.45, 2.75) is 59.2 Å². The second kappa shape index (κ2) is 17.7. The molecule has 0 aliphatic heterocycles. The summed E-state index contributed by atoms with van der Waals surface area (Å²) in [4.78, 5) is 31.7. The molecule has 37 heavy (non-hydrogen) atoms. The summed E-state index contributed by atoms with van der Waals surface area (Å²) in [6.45, 7) is 11.4. The first-order chi connectivity index (χ1) is 15.6. The summed E-state index contributed by atoms with van der Waals surface area (Å²) in [5.41, 5.74) is 0.228. The molecule has 1 heterocycles. The van der Waals surface area contributed by atoms with Gasteiger partial charge in [0.2, 0.25) is 0 Å². The summed E-state index contributed by atoms with van der Waals surface area (Å²) >= 11 is 1.13. The number of methoxy groups -OCH3 is 2. The van der Waals surface area contributed by atoms with Gasteiger partial charge in [-0.3, -0.25) is 19.8 Å². The Labute approximate surface area is 227 Å². The minimum atomic E-state index is -0.578. The quantitative estimate of drug-likeness (QED) is 0.365. The van der Waals surface area contributed by atoms with E-state index in [1.165, 1.54) is 26.4 Å². The monoisotopic (exact) mass is 568 g/mol. The van der Waals surface area contributed by atoms with E-state index in [0.29, 0.717) is 36.2 Å². The molecule has 214 valence electrons. The fourth-order valence-electron chi connectivity index (χ4n) is 3.90. The third-order valence-electron chi connectivity index (χ3n) is 5.25. The third kappa shape index (κ3) is 10.3. The fourth-order valence-corrected chi connectivity index (χ4v) is 4.58. The molecule has 1 aromatic carbocycles. The van der Waals surface area contributed by atoms with Gasteiger partial charge >= 0.3 is 0 Å². The molecule has 0 aliphatic carbocycles. The van der Waals surface area contributed by atoms with Crippen LogP contribution in [0.2, 0.25) is 0 Å². The van der Waals surface area contributed by atoms with Crippen LogP contribution >= 0.6 is 23.7 Å². The van der Waals surface area contributed by atoms with Crippen LogP contribution in [-0.4, -0.2) is 82.1 Å². The molecule has 14 heteroatoms. The van der Waals surface area contributed by atoms with Crippen LogP contribution in [0.5, 0.6) is 17.2 Å². The number of nitrogens with zero attached hydrogens (tertiary/aromatic N) is 2. The molecule has 1 aromatic heterocycles.